The first kappa shape index (κ1) is 18.2. The van der Waals surface area contributed by atoms with E-state index in [1.54, 1.807) is 11.3 Å². The number of carbonyl (C=O) groups is 2. The van der Waals surface area contributed by atoms with Crippen LogP contribution in [0.5, 0.6) is 0 Å². The van der Waals surface area contributed by atoms with Crippen molar-refractivity contribution >= 4 is 23.2 Å². The van der Waals surface area contributed by atoms with Crippen LogP contribution in [0.2, 0.25) is 0 Å². The maximum atomic E-state index is 12.5. The van der Waals surface area contributed by atoms with Crippen LogP contribution in [-0.2, 0) is 27.2 Å². The minimum absolute atomic E-state index is 0.180. The number of rotatable bonds is 6. The number of amides is 1. The van der Waals surface area contributed by atoms with E-state index in [0.29, 0.717) is 6.42 Å². The SMILES string of the molecule is CC(C)(C)OC(=O)[C@H](Cc1ccccc1)NC(=O)Cc1ccsc1. The maximum absolute atomic E-state index is 12.5. The third-order valence-electron chi connectivity index (χ3n) is 3.25. The third-order valence-corrected chi connectivity index (χ3v) is 3.99. The summed E-state index contributed by atoms with van der Waals surface area (Å²) >= 11 is 1.55. The van der Waals surface area contributed by atoms with E-state index in [0.717, 1.165) is 11.1 Å². The van der Waals surface area contributed by atoms with E-state index in [2.05, 4.69) is 5.32 Å². The highest BCUT2D eigenvalue weighted by atomic mass is 32.1. The van der Waals surface area contributed by atoms with Gasteiger partial charge in [0.25, 0.3) is 0 Å². The predicted octanol–water partition coefficient (Wildman–Crippen LogP) is 3.36. The molecule has 4 nitrogen and oxygen atoms in total. The molecule has 0 fully saturated rings. The molecule has 0 radical (unpaired) electrons. The van der Waals surface area contributed by atoms with E-state index in [4.69, 9.17) is 4.74 Å². The Morgan fingerprint density at radius 3 is 2.42 bits per heavy atom. The van der Waals surface area contributed by atoms with Gasteiger partial charge in [-0.05, 0) is 48.7 Å². The summed E-state index contributed by atoms with van der Waals surface area (Å²) in [7, 11) is 0. The molecule has 0 aliphatic rings. The molecule has 0 aliphatic carbocycles. The van der Waals surface area contributed by atoms with Gasteiger partial charge in [0, 0.05) is 6.42 Å². The Morgan fingerprint density at radius 2 is 1.83 bits per heavy atom. The lowest BCUT2D eigenvalue weighted by molar-refractivity contribution is -0.158. The lowest BCUT2D eigenvalue weighted by Crippen LogP contribution is -2.46. The Bertz CT molecular complexity index is 660. The Hall–Kier alpha value is -2.14. The van der Waals surface area contributed by atoms with Crippen LogP contribution in [0.3, 0.4) is 0 Å². The molecule has 1 amide bonds. The fourth-order valence-electron chi connectivity index (χ4n) is 2.24. The Labute approximate surface area is 146 Å². The van der Waals surface area contributed by atoms with Gasteiger partial charge in [-0.2, -0.15) is 11.3 Å². The van der Waals surface area contributed by atoms with Crippen molar-refractivity contribution in [3.63, 3.8) is 0 Å². The second-order valence-corrected chi connectivity index (χ2v) is 7.43. The largest absolute Gasteiger partial charge is 0.458 e. The molecule has 0 aliphatic heterocycles. The van der Waals surface area contributed by atoms with Crippen molar-refractivity contribution in [2.45, 2.75) is 45.3 Å². The van der Waals surface area contributed by atoms with E-state index in [9.17, 15) is 9.59 Å². The number of esters is 1. The average molecular weight is 345 g/mol. The van der Waals surface area contributed by atoms with Gasteiger partial charge in [-0.3, -0.25) is 4.79 Å². The molecule has 1 aromatic heterocycles. The van der Waals surface area contributed by atoms with E-state index < -0.39 is 17.6 Å². The van der Waals surface area contributed by atoms with Crippen molar-refractivity contribution in [2.24, 2.45) is 0 Å². The zero-order chi connectivity index (χ0) is 17.6. The van der Waals surface area contributed by atoms with Crippen LogP contribution < -0.4 is 5.32 Å². The quantitative estimate of drug-likeness (QED) is 0.817. The van der Waals surface area contributed by atoms with E-state index in [-0.39, 0.29) is 12.3 Å². The van der Waals surface area contributed by atoms with Gasteiger partial charge in [-0.15, -0.1) is 0 Å². The van der Waals surface area contributed by atoms with Gasteiger partial charge >= 0.3 is 5.97 Å². The number of nitrogens with one attached hydrogen (secondary N) is 1. The van der Waals surface area contributed by atoms with Crippen molar-refractivity contribution in [2.75, 3.05) is 0 Å². The molecule has 1 atom stereocenters. The molecule has 0 saturated heterocycles. The summed E-state index contributed by atoms with van der Waals surface area (Å²) in [6.07, 6.45) is 0.669. The maximum Gasteiger partial charge on any atom is 0.329 e. The minimum Gasteiger partial charge on any atom is -0.458 e. The first-order valence-electron chi connectivity index (χ1n) is 7.91. The number of hydrogen-bond donors (Lipinski definition) is 1. The summed E-state index contributed by atoms with van der Waals surface area (Å²) in [5.41, 5.74) is 1.33. The van der Waals surface area contributed by atoms with Gasteiger partial charge in [0.2, 0.25) is 5.91 Å². The zero-order valence-corrected chi connectivity index (χ0v) is 15.1. The lowest BCUT2D eigenvalue weighted by atomic mass is 10.0. The highest BCUT2D eigenvalue weighted by molar-refractivity contribution is 7.08. The molecular weight excluding hydrogens is 322 g/mol. The topological polar surface area (TPSA) is 55.4 Å². The van der Waals surface area contributed by atoms with E-state index >= 15 is 0 Å². The van der Waals surface area contributed by atoms with Crippen molar-refractivity contribution in [3.05, 3.63) is 58.3 Å². The third kappa shape index (κ3) is 6.16. The van der Waals surface area contributed by atoms with E-state index in [1.807, 2.05) is 67.9 Å². The van der Waals surface area contributed by atoms with E-state index in [1.165, 1.54) is 0 Å². The Kier molecular flexibility index (Phi) is 6.15. The number of thiophene rings is 1. The molecule has 2 rings (SSSR count). The molecule has 1 heterocycles. The highest BCUT2D eigenvalue weighted by Crippen LogP contribution is 2.12. The lowest BCUT2D eigenvalue weighted by Gasteiger charge is -2.24. The summed E-state index contributed by atoms with van der Waals surface area (Å²) in [5.74, 6) is -0.592. The molecule has 24 heavy (non-hydrogen) atoms. The number of hydrogen-bond acceptors (Lipinski definition) is 4. The van der Waals surface area contributed by atoms with Crippen LogP contribution in [-0.4, -0.2) is 23.5 Å². The molecule has 0 bridgehead atoms. The first-order chi connectivity index (χ1) is 11.3. The fourth-order valence-corrected chi connectivity index (χ4v) is 2.91. The monoisotopic (exact) mass is 345 g/mol. The summed E-state index contributed by atoms with van der Waals surface area (Å²) < 4.78 is 5.46. The summed E-state index contributed by atoms with van der Waals surface area (Å²) in [6, 6.07) is 10.8. The van der Waals surface area contributed by atoms with Crippen molar-refractivity contribution in [1.29, 1.82) is 0 Å². The number of benzene rings is 1. The fraction of sp³-hybridized carbons (Fsp3) is 0.368. The second-order valence-electron chi connectivity index (χ2n) is 6.65. The van der Waals surface area contributed by atoms with Gasteiger partial charge < -0.3 is 10.1 Å². The Balaban J connectivity index is 2.06. The van der Waals surface area contributed by atoms with Crippen molar-refractivity contribution in [3.8, 4) is 0 Å². The Morgan fingerprint density at radius 1 is 1.12 bits per heavy atom. The molecule has 0 saturated carbocycles. The molecule has 0 unspecified atom stereocenters. The van der Waals surface area contributed by atoms with Crippen LogP contribution in [0.25, 0.3) is 0 Å². The molecule has 0 spiro atoms. The zero-order valence-electron chi connectivity index (χ0n) is 14.2. The number of carbonyl (C=O) groups excluding carboxylic acids is 2. The van der Waals surface area contributed by atoms with Gasteiger partial charge in [-0.25, -0.2) is 4.79 Å². The average Bonchev–Trinajstić information content (AvgIpc) is 2.98. The van der Waals surface area contributed by atoms with Gasteiger partial charge in [0.15, 0.2) is 0 Å². The van der Waals surface area contributed by atoms with Crippen LogP contribution in [0.1, 0.15) is 31.9 Å². The highest BCUT2D eigenvalue weighted by Gasteiger charge is 2.27. The van der Waals surface area contributed by atoms with Crippen LogP contribution in [0.15, 0.2) is 47.2 Å². The van der Waals surface area contributed by atoms with Gasteiger partial charge in [0.1, 0.15) is 11.6 Å². The summed E-state index contributed by atoms with van der Waals surface area (Å²) in [4.78, 5) is 24.7. The molecule has 5 heteroatoms. The smallest absolute Gasteiger partial charge is 0.329 e. The molecule has 2 aromatic rings. The van der Waals surface area contributed by atoms with Crippen LogP contribution >= 0.6 is 11.3 Å². The minimum atomic E-state index is -0.697. The standard InChI is InChI=1S/C19H23NO3S/c1-19(2,3)23-18(22)16(11-14-7-5-4-6-8-14)20-17(21)12-15-9-10-24-13-15/h4-10,13,16H,11-12H2,1-3H3,(H,20,21)/t16-/m0/s1. The van der Waals surface area contributed by atoms with Crippen LogP contribution in [0.4, 0.5) is 0 Å². The molecule has 1 N–H and O–H groups in total. The second kappa shape index (κ2) is 8.11. The summed E-state index contributed by atoms with van der Waals surface area (Å²) in [6.45, 7) is 5.45. The summed E-state index contributed by atoms with van der Waals surface area (Å²) in [5, 5.41) is 6.68. The molecule has 1 aromatic carbocycles. The van der Waals surface area contributed by atoms with Gasteiger partial charge in [-0.1, -0.05) is 30.3 Å². The van der Waals surface area contributed by atoms with Gasteiger partial charge in [0.05, 0.1) is 6.42 Å². The molecular formula is C19H23NO3S. The molecule has 128 valence electrons. The predicted molar refractivity (Wildman–Crippen MR) is 95.9 cm³/mol. The van der Waals surface area contributed by atoms with Crippen molar-refractivity contribution in [1.82, 2.24) is 5.32 Å². The van der Waals surface area contributed by atoms with Crippen LogP contribution in [0, 0.1) is 0 Å². The normalized spacial score (nSPS) is 12.5. The van der Waals surface area contributed by atoms with Crippen molar-refractivity contribution < 1.29 is 14.3 Å². The first-order valence-corrected chi connectivity index (χ1v) is 8.85. The number of ether oxygens (including phenoxy) is 1.